The SMILES string of the molecule is Cc1cc(NC(=O)C2CCN(S(=O)(=O)NC3(C)COC3)C2)ccc1F. The highest BCUT2D eigenvalue weighted by molar-refractivity contribution is 7.87. The first-order chi connectivity index (χ1) is 11.7. The maximum absolute atomic E-state index is 13.3. The van der Waals surface area contributed by atoms with Crippen LogP contribution in [0.1, 0.15) is 18.9 Å². The largest absolute Gasteiger partial charge is 0.377 e. The monoisotopic (exact) mass is 371 g/mol. The molecular formula is C16H22FN3O4S. The minimum atomic E-state index is -3.66. The minimum Gasteiger partial charge on any atom is -0.377 e. The summed E-state index contributed by atoms with van der Waals surface area (Å²) in [6.45, 7) is 4.49. The molecule has 0 radical (unpaired) electrons. The Bertz CT molecular complexity index is 780. The Labute approximate surface area is 146 Å². The van der Waals surface area contributed by atoms with Crippen molar-refractivity contribution in [2.24, 2.45) is 5.92 Å². The van der Waals surface area contributed by atoms with E-state index in [0.717, 1.165) is 0 Å². The van der Waals surface area contributed by atoms with Gasteiger partial charge in [-0.05, 0) is 44.0 Å². The summed E-state index contributed by atoms with van der Waals surface area (Å²) in [7, 11) is -3.66. The number of benzene rings is 1. The first-order valence-corrected chi connectivity index (χ1v) is 9.56. The molecule has 2 aliphatic heterocycles. The average molecular weight is 371 g/mol. The molecule has 1 atom stereocenters. The number of ether oxygens (including phenoxy) is 1. The van der Waals surface area contributed by atoms with Gasteiger partial charge in [0.25, 0.3) is 10.2 Å². The van der Waals surface area contributed by atoms with E-state index in [-0.39, 0.29) is 24.8 Å². The molecule has 2 N–H and O–H groups in total. The number of hydrogen-bond donors (Lipinski definition) is 2. The first kappa shape index (κ1) is 18.2. The van der Waals surface area contributed by atoms with E-state index in [1.807, 2.05) is 0 Å². The molecule has 2 saturated heterocycles. The molecule has 1 aromatic rings. The Morgan fingerprint density at radius 1 is 1.40 bits per heavy atom. The van der Waals surface area contributed by atoms with Crippen LogP contribution in [-0.4, -0.2) is 50.5 Å². The maximum atomic E-state index is 13.3. The summed E-state index contributed by atoms with van der Waals surface area (Å²) in [5.74, 6) is -1.04. The van der Waals surface area contributed by atoms with Gasteiger partial charge in [-0.3, -0.25) is 4.79 Å². The molecule has 1 unspecified atom stereocenters. The van der Waals surface area contributed by atoms with E-state index in [1.54, 1.807) is 19.9 Å². The fourth-order valence-corrected chi connectivity index (χ4v) is 4.56. The minimum absolute atomic E-state index is 0.123. The lowest BCUT2D eigenvalue weighted by molar-refractivity contribution is -0.119. The molecule has 0 spiro atoms. The van der Waals surface area contributed by atoms with E-state index < -0.39 is 21.7 Å². The van der Waals surface area contributed by atoms with Crippen molar-refractivity contribution >= 4 is 21.8 Å². The molecule has 3 rings (SSSR count). The van der Waals surface area contributed by atoms with Crippen molar-refractivity contribution in [1.82, 2.24) is 9.03 Å². The summed E-state index contributed by atoms with van der Waals surface area (Å²) in [6.07, 6.45) is 0.445. The van der Waals surface area contributed by atoms with Gasteiger partial charge in [0, 0.05) is 18.8 Å². The summed E-state index contributed by atoms with van der Waals surface area (Å²) in [4.78, 5) is 12.4. The van der Waals surface area contributed by atoms with Crippen molar-refractivity contribution < 1.29 is 22.3 Å². The van der Waals surface area contributed by atoms with Gasteiger partial charge in [-0.15, -0.1) is 0 Å². The zero-order valence-electron chi connectivity index (χ0n) is 14.2. The van der Waals surface area contributed by atoms with Crippen molar-refractivity contribution in [1.29, 1.82) is 0 Å². The molecule has 1 aromatic carbocycles. The number of carbonyl (C=O) groups excluding carboxylic acids is 1. The number of nitrogens with one attached hydrogen (secondary N) is 2. The van der Waals surface area contributed by atoms with E-state index in [4.69, 9.17) is 4.74 Å². The highest BCUT2D eigenvalue weighted by atomic mass is 32.2. The molecule has 1 amide bonds. The van der Waals surface area contributed by atoms with Gasteiger partial charge in [0.15, 0.2) is 0 Å². The van der Waals surface area contributed by atoms with E-state index in [0.29, 0.717) is 30.9 Å². The van der Waals surface area contributed by atoms with Crippen LogP contribution in [0.5, 0.6) is 0 Å². The van der Waals surface area contributed by atoms with Crippen molar-refractivity contribution in [2.45, 2.75) is 25.8 Å². The third kappa shape index (κ3) is 4.00. The molecule has 0 aliphatic carbocycles. The van der Waals surface area contributed by atoms with Crippen LogP contribution in [0.3, 0.4) is 0 Å². The van der Waals surface area contributed by atoms with Crippen LogP contribution in [0, 0.1) is 18.7 Å². The molecule has 2 heterocycles. The topological polar surface area (TPSA) is 87.7 Å². The highest BCUT2D eigenvalue weighted by Crippen LogP contribution is 2.24. The zero-order valence-corrected chi connectivity index (χ0v) is 15.0. The van der Waals surface area contributed by atoms with Gasteiger partial charge in [0.1, 0.15) is 5.82 Å². The molecule has 25 heavy (non-hydrogen) atoms. The van der Waals surface area contributed by atoms with Crippen LogP contribution in [0.15, 0.2) is 18.2 Å². The number of amides is 1. The maximum Gasteiger partial charge on any atom is 0.280 e. The Morgan fingerprint density at radius 3 is 2.72 bits per heavy atom. The zero-order chi connectivity index (χ0) is 18.2. The van der Waals surface area contributed by atoms with Crippen LogP contribution in [0.4, 0.5) is 10.1 Å². The Kier molecular flexibility index (Phi) is 4.84. The van der Waals surface area contributed by atoms with Gasteiger partial charge in [0.05, 0.1) is 24.7 Å². The van der Waals surface area contributed by atoms with Crippen LogP contribution in [-0.2, 0) is 19.7 Å². The predicted octanol–water partition coefficient (Wildman–Crippen LogP) is 1.02. The quantitative estimate of drug-likeness (QED) is 0.809. The second-order valence-electron chi connectivity index (χ2n) is 6.96. The number of anilines is 1. The smallest absolute Gasteiger partial charge is 0.280 e. The number of carbonyl (C=O) groups is 1. The van der Waals surface area contributed by atoms with E-state index in [9.17, 15) is 17.6 Å². The number of aryl methyl sites for hydroxylation is 1. The molecule has 0 saturated carbocycles. The Morgan fingerprint density at radius 2 is 2.12 bits per heavy atom. The van der Waals surface area contributed by atoms with Crippen LogP contribution in [0.2, 0.25) is 0 Å². The molecule has 9 heteroatoms. The summed E-state index contributed by atoms with van der Waals surface area (Å²) in [5.41, 5.74) is 0.362. The molecule has 0 aromatic heterocycles. The van der Waals surface area contributed by atoms with Crippen LogP contribution >= 0.6 is 0 Å². The molecule has 138 valence electrons. The van der Waals surface area contributed by atoms with E-state index in [1.165, 1.54) is 16.4 Å². The van der Waals surface area contributed by atoms with Gasteiger partial charge in [-0.25, -0.2) is 4.39 Å². The molecule has 0 bridgehead atoms. The van der Waals surface area contributed by atoms with Crippen molar-refractivity contribution in [3.8, 4) is 0 Å². The van der Waals surface area contributed by atoms with E-state index >= 15 is 0 Å². The van der Waals surface area contributed by atoms with Gasteiger partial charge in [-0.2, -0.15) is 17.4 Å². The van der Waals surface area contributed by atoms with Crippen molar-refractivity contribution in [2.75, 3.05) is 31.6 Å². The second-order valence-corrected chi connectivity index (χ2v) is 8.63. The third-order valence-electron chi connectivity index (χ3n) is 4.50. The van der Waals surface area contributed by atoms with Crippen LogP contribution < -0.4 is 10.0 Å². The van der Waals surface area contributed by atoms with Gasteiger partial charge in [0.2, 0.25) is 5.91 Å². The van der Waals surface area contributed by atoms with Crippen LogP contribution in [0.25, 0.3) is 0 Å². The fourth-order valence-electron chi connectivity index (χ4n) is 2.97. The average Bonchev–Trinajstić information content (AvgIpc) is 3.00. The Hall–Kier alpha value is -1.55. The van der Waals surface area contributed by atoms with Gasteiger partial charge < -0.3 is 10.1 Å². The Balaban J connectivity index is 1.60. The lowest BCUT2D eigenvalue weighted by atomic mass is 10.0. The van der Waals surface area contributed by atoms with Gasteiger partial charge >= 0.3 is 0 Å². The molecule has 2 aliphatic rings. The summed E-state index contributed by atoms with van der Waals surface area (Å²) in [6, 6.07) is 4.33. The lowest BCUT2D eigenvalue weighted by Crippen LogP contribution is -2.62. The number of nitrogens with zero attached hydrogens (tertiary/aromatic N) is 1. The van der Waals surface area contributed by atoms with E-state index in [2.05, 4.69) is 10.0 Å². The predicted molar refractivity (Wildman–Crippen MR) is 90.7 cm³/mol. The third-order valence-corrected chi connectivity index (χ3v) is 6.27. The summed E-state index contributed by atoms with van der Waals surface area (Å²) in [5, 5.41) is 2.73. The standard InChI is InChI=1S/C16H22FN3O4S/c1-11-7-13(3-4-14(11)17)18-15(21)12-5-6-20(8-12)25(22,23)19-16(2)9-24-10-16/h3-4,7,12,19H,5-6,8-10H2,1-2H3,(H,18,21). The molecule has 2 fully saturated rings. The van der Waals surface area contributed by atoms with Crippen molar-refractivity contribution in [3.63, 3.8) is 0 Å². The second kappa shape index (κ2) is 6.64. The number of halogens is 1. The normalized spacial score (nSPS) is 23.2. The molecule has 7 nitrogen and oxygen atoms in total. The summed E-state index contributed by atoms with van der Waals surface area (Å²) < 4.78 is 47.1. The van der Waals surface area contributed by atoms with Crippen molar-refractivity contribution in [3.05, 3.63) is 29.6 Å². The van der Waals surface area contributed by atoms with Gasteiger partial charge in [-0.1, -0.05) is 0 Å². The number of rotatable bonds is 5. The fraction of sp³-hybridized carbons (Fsp3) is 0.562. The molecular weight excluding hydrogens is 349 g/mol. The first-order valence-electron chi connectivity index (χ1n) is 8.12. The number of hydrogen-bond acceptors (Lipinski definition) is 4. The lowest BCUT2D eigenvalue weighted by Gasteiger charge is -2.39. The summed E-state index contributed by atoms with van der Waals surface area (Å²) >= 11 is 0. The highest BCUT2D eigenvalue weighted by Gasteiger charge is 2.42.